The average Bonchev–Trinajstić information content (AvgIpc) is 3.11. The molecule has 170 valence electrons. The van der Waals surface area contributed by atoms with Gasteiger partial charge in [-0.3, -0.25) is 0 Å². The van der Waals surface area contributed by atoms with Crippen LogP contribution in [0, 0.1) is 0 Å². The van der Waals surface area contributed by atoms with Crippen LogP contribution in [-0.4, -0.2) is 4.57 Å². The molecule has 0 N–H and O–H groups in total. The van der Waals surface area contributed by atoms with Crippen molar-refractivity contribution in [1.82, 2.24) is 4.57 Å². The Morgan fingerprint density at radius 3 is 1.66 bits per heavy atom. The second-order valence-corrected chi connectivity index (χ2v) is 9.15. The van der Waals surface area contributed by atoms with Gasteiger partial charge in [0.2, 0.25) is 0 Å². The molecule has 0 amide bonds. The van der Waals surface area contributed by atoms with Crippen molar-refractivity contribution in [2.75, 3.05) is 0 Å². The summed E-state index contributed by atoms with van der Waals surface area (Å²) in [6.07, 6.45) is 31.1. The highest BCUT2D eigenvalue weighted by Gasteiger charge is 2.16. The number of aromatic nitrogens is 2. The van der Waals surface area contributed by atoms with E-state index in [0.717, 1.165) is 0 Å². The van der Waals surface area contributed by atoms with E-state index >= 15 is 0 Å². The molecule has 0 radical (unpaired) electrons. The molecule has 0 fully saturated rings. The Morgan fingerprint density at radius 1 is 0.586 bits per heavy atom. The van der Waals surface area contributed by atoms with Crippen molar-refractivity contribution in [2.45, 2.75) is 156 Å². The quantitative estimate of drug-likeness (QED) is 0.143. The Labute approximate surface area is 183 Å². The predicted octanol–water partition coefficient (Wildman–Crippen LogP) is 8.40. The van der Waals surface area contributed by atoms with Crippen molar-refractivity contribution in [3.05, 3.63) is 18.2 Å². The molecule has 0 aliphatic heterocycles. The van der Waals surface area contributed by atoms with Crippen LogP contribution in [0.25, 0.3) is 0 Å². The molecule has 0 saturated heterocycles. The Balaban J connectivity index is 2.40. The Kier molecular flexibility index (Phi) is 17.4. The first-order chi connectivity index (χ1) is 14.3. The van der Waals surface area contributed by atoms with Crippen LogP contribution in [0.5, 0.6) is 0 Å². The molecular formula is C27H53N2+. The molecule has 29 heavy (non-hydrogen) atoms. The molecule has 2 nitrogen and oxygen atoms in total. The number of unbranched alkanes of at least 4 members (excludes halogenated alkanes) is 15. The standard InChI is InChI=1S/C27H53N2/c1-4-7-10-13-15-16-17-19-22-27-28(23-20-12-9-6-3)25-26-29(27)24-21-18-14-11-8-5-2/h25-26H,4-24H2,1-3H3/q+1. The van der Waals surface area contributed by atoms with Gasteiger partial charge in [-0.05, 0) is 32.1 Å². The third kappa shape index (κ3) is 13.2. The van der Waals surface area contributed by atoms with Gasteiger partial charge in [0.25, 0.3) is 5.82 Å². The Morgan fingerprint density at radius 2 is 1.07 bits per heavy atom. The zero-order valence-electron chi connectivity index (χ0n) is 20.4. The van der Waals surface area contributed by atoms with E-state index in [1.54, 1.807) is 5.82 Å². The molecule has 2 heteroatoms. The summed E-state index contributed by atoms with van der Waals surface area (Å²) in [6, 6.07) is 0. The van der Waals surface area contributed by atoms with Crippen molar-refractivity contribution in [2.24, 2.45) is 0 Å². The van der Waals surface area contributed by atoms with Crippen LogP contribution in [0.3, 0.4) is 0 Å². The molecule has 0 aliphatic rings. The lowest BCUT2D eigenvalue weighted by Crippen LogP contribution is -2.37. The van der Waals surface area contributed by atoms with Gasteiger partial charge in [-0.25, -0.2) is 9.13 Å². The molecule has 0 saturated carbocycles. The maximum Gasteiger partial charge on any atom is 0.256 e. The van der Waals surface area contributed by atoms with E-state index in [9.17, 15) is 0 Å². The number of rotatable bonds is 21. The van der Waals surface area contributed by atoms with Crippen LogP contribution >= 0.6 is 0 Å². The first-order valence-electron chi connectivity index (χ1n) is 13.4. The van der Waals surface area contributed by atoms with Crippen LogP contribution in [0.4, 0.5) is 0 Å². The molecule has 0 bridgehead atoms. The van der Waals surface area contributed by atoms with Gasteiger partial charge >= 0.3 is 0 Å². The van der Waals surface area contributed by atoms with E-state index in [0.29, 0.717) is 0 Å². The summed E-state index contributed by atoms with van der Waals surface area (Å²) < 4.78 is 5.16. The summed E-state index contributed by atoms with van der Waals surface area (Å²) in [5.74, 6) is 1.60. The molecule has 0 aromatic carbocycles. The van der Waals surface area contributed by atoms with Crippen LogP contribution in [0.15, 0.2) is 12.4 Å². The minimum atomic E-state index is 1.22. The molecule has 0 spiro atoms. The largest absolute Gasteiger partial charge is 0.256 e. The Bertz CT molecular complexity index is 463. The fraction of sp³-hybridized carbons (Fsp3) is 0.889. The first kappa shape index (κ1) is 26.2. The highest BCUT2D eigenvalue weighted by molar-refractivity contribution is 4.84. The number of imidazole rings is 1. The first-order valence-corrected chi connectivity index (χ1v) is 13.4. The van der Waals surface area contributed by atoms with Crippen molar-refractivity contribution in [3.8, 4) is 0 Å². The topological polar surface area (TPSA) is 8.81 Å². The fourth-order valence-electron chi connectivity index (χ4n) is 4.38. The molecular weight excluding hydrogens is 352 g/mol. The molecule has 0 aliphatic carbocycles. The van der Waals surface area contributed by atoms with Gasteiger partial charge in [0.1, 0.15) is 12.4 Å². The third-order valence-corrected chi connectivity index (χ3v) is 6.35. The molecule has 1 rings (SSSR count). The van der Waals surface area contributed by atoms with Gasteiger partial charge in [0, 0.05) is 6.42 Å². The van der Waals surface area contributed by atoms with Crippen molar-refractivity contribution < 1.29 is 4.57 Å². The lowest BCUT2D eigenvalue weighted by Gasteiger charge is -2.07. The number of nitrogens with zero attached hydrogens (tertiary/aromatic N) is 2. The normalized spacial score (nSPS) is 11.4. The monoisotopic (exact) mass is 405 g/mol. The molecule has 1 aromatic heterocycles. The van der Waals surface area contributed by atoms with Gasteiger partial charge in [-0.2, -0.15) is 0 Å². The minimum Gasteiger partial charge on any atom is -0.234 e. The highest BCUT2D eigenvalue weighted by Crippen LogP contribution is 2.12. The van der Waals surface area contributed by atoms with E-state index in [-0.39, 0.29) is 0 Å². The van der Waals surface area contributed by atoms with Crippen LogP contribution in [-0.2, 0) is 19.5 Å². The van der Waals surface area contributed by atoms with Crippen LogP contribution < -0.4 is 4.57 Å². The maximum atomic E-state index is 2.58. The smallest absolute Gasteiger partial charge is 0.234 e. The van der Waals surface area contributed by atoms with Gasteiger partial charge in [0.05, 0.1) is 13.1 Å². The number of aryl methyl sites for hydroxylation is 2. The number of hydrogen-bond donors (Lipinski definition) is 0. The fourth-order valence-corrected chi connectivity index (χ4v) is 4.38. The summed E-state index contributed by atoms with van der Waals surface area (Å²) >= 11 is 0. The van der Waals surface area contributed by atoms with E-state index in [2.05, 4.69) is 42.3 Å². The van der Waals surface area contributed by atoms with Gasteiger partial charge < -0.3 is 0 Å². The number of hydrogen-bond acceptors (Lipinski definition) is 0. The average molecular weight is 406 g/mol. The van der Waals surface area contributed by atoms with Crippen molar-refractivity contribution in [1.29, 1.82) is 0 Å². The van der Waals surface area contributed by atoms with Gasteiger partial charge in [-0.15, -0.1) is 0 Å². The third-order valence-electron chi connectivity index (χ3n) is 6.35. The van der Waals surface area contributed by atoms with Crippen LogP contribution in [0.2, 0.25) is 0 Å². The molecule has 0 atom stereocenters. The summed E-state index contributed by atoms with van der Waals surface area (Å²) in [6.45, 7) is 9.35. The predicted molar refractivity (Wildman–Crippen MR) is 128 cm³/mol. The minimum absolute atomic E-state index is 1.22. The lowest BCUT2D eigenvalue weighted by atomic mass is 10.1. The lowest BCUT2D eigenvalue weighted by molar-refractivity contribution is -0.704. The zero-order valence-corrected chi connectivity index (χ0v) is 20.4. The maximum absolute atomic E-state index is 2.58. The van der Waals surface area contributed by atoms with E-state index in [4.69, 9.17) is 0 Å². The molecule has 0 unspecified atom stereocenters. The highest BCUT2D eigenvalue weighted by atomic mass is 15.1. The SMILES string of the molecule is CCCCCCCCCCc1n(CCCCCC)cc[n+]1CCCCCCCC. The second-order valence-electron chi connectivity index (χ2n) is 9.15. The van der Waals surface area contributed by atoms with Crippen LogP contribution in [0.1, 0.15) is 142 Å². The molecule has 1 aromatic rings. The zero-order chi connectivity index (χ0) is 21.0. The van der Waals surface area contributed by atoms with Gasteiger partial charge in [0.15, 0.2) is 0 Å². The van der Waals surface area contributed by atoms with E-state index in [1.165, 1.54) is 135 Å². The van der Waals surface area contributed by atoms with Crippen molar-refractivity contribution >= 4 is 0 Å². The summed E-state index contributed by atoms with van der Waals surface area (Å²) in [4.78, 5) is 0. The van der Waals surface area contributed by atoms with Crippen molar-refractivity contribution in [3.63, 3.8) is 0 Å². The second kappa shape index (κ2) is 19.2. The Hall–Kier alpha value is -0.790. The van der Waals surface area contributed by atoms with Gasteiger partial charge in [-0.1, -0.05) is 104 Å². The van der Waals surface area contributed by atoms with E-state index < -0.39 is 0 Å². The summed E-state index contributed by atoms with van der Waals surface area (Å²) in [7, 11) is 0. The summed E-state index contributed by atoms with van der Waals surface area (Å²) in [5.41, 5.74) is 0. The van der Waals surface area contributed by atoms with E-state index in [1.807, 2.05) is 0 Å². The molecule has 1 heterocycles. The summed E-state index contributed by atoms with van der Waals surface area (Å²) in [5, 5.41) is 0.